The van der Waals surface area contributed by atoms with Crippen molar-refractivity contribution in [1.29, 1.82) is 0 Å². The summed E-state index contributed by atoms with van der Waals surface area (Å²) in [5.74, 6) is 0. The zero-order chi connectivity index (χ0) is 15.2. The Hall–Kier alpha value is -1.75. The standard InChI is InChI=1S/C16H24N2O3/c1-3-15(19)13-7-5-6-8-14(13)17-9-11-18(12-10-17)16(20)21-4-2/h5-8,15,19H,3-4,9-12H2,1-2H3/t15-/m0/s1. The number of benzene rings is 1. The Kier molecular flexibility index (Phi) is 5.44. The molecular weight excluding hydrogens is 268 g/mol. The third kappa shape index (κ3) is 3.67. The number of ether oxygens (including phenoxy) is 1. The second-order valence-corrected chi connectivity index (χ2v) is 5.16. The number of aliphatic hydroxyl groups is 1. The van der Waals surface area contributed by atoms with Crippen LogP contribution in [0.1, 0.15) is 31.9 Å². The fourth-order valence-electron chi connectivity index (χ4n) is 2.62. The van der Waals surface area contributed by atoms with Gasteiger partial charge in [0, 0.05) is 37.4 Å². The van der Waals surface area contributed by atoms with Crippen LogP contribution < -0.4 is 4.90 Å². The van der Waals surface area contributed by atoms with E-state index in [9.17, 15) is 9.90 Å². The highest BCUT2D eigenvalue weighted by atomic mass is 16.6. The van der Waals surface area contributed by atoms with Gasteiger partial charge in [-0.2, -0.15) is 0 Å². The summed E-state index contributed by atoms with van der Waals surface area (Å²) in [7, 11) is 0. The minimum absolute atomic E-state index is 0.237. The summed E-state index contributed by atoms with van der Waals surface area (Å²) < 4.78 is 5.03. The Bertz CT molecular complexity index is 470. The Morgan fingerprint density at radius 3 is 2.52 bits per heavy atom. The van der Waals surface area contributed by atoms with E-state index in [1.807, 2.05) is 38.1 Å². The molecule has 0 spiro atoms. The molecule has 5 nitrogen and oxygen atoms in total. The SMILES string of the molecule is CCOC(=O)N1CCN(c2ccccc2[C@@H](O)CC)CC1. The summed E-state index contributed by atoms with van der Waals surface area (Å²) in [6, 6.07) is 7.95. The number of nitrogens with zero attached hydrogens (tertiary/aromatic N) is 2. The first-order valence-corrected chi connectivity index (χ1v) is 7.61. The lowest BCUT2D eigenvalue weighted by atomic mass is 10.0. The number of rotatable bonds is 4. The summed E-state index contributed by atoms with van der Waals surface area (Å²) in [4.78, 5) is 15.7. The molecule has 5 heteroatoms. The van der Waals surface area contributed by atoms with Crippen molar-refractivity contribution in [3.8, 4) is 0 Å². The molecule has 0 aliphatic carbocycles. The van der Waals surface area contributed by atoms with Gasteiger partial charge in [0.1, 0.15) is 0 Å². The maximum Gasteiger partial charge on any atom is 0.409 e. The highest BCUT2D eigenvalue weighted by molar-refractivity contribution is 5.68. The van der Waals surface area contributed by atoms with E-state index in [1.165, 1.54) is 0 Å². The van der Waals surface area contributed by atoms with Crippen molar-refractivity contribution in [2.75, 3.05) is 37.7 Å². The fraction of sp³-hybridized carbons (Fsp3) is 0.562. The number of carbonyl (C=O) groups is 1. The van der Waals surface area contributed by atoms with Crippen LogP contribution in [0.15, 0.2) is 24.3 Å². The van der Waals surface area contributed by atoms with Crippen LogP contribution in [0.5, 0.6) is 0 Å². The molecule has 1 aliphatic heterocycles. The summed E-state index contributed by atoms with van der Waals surface area (Å²) in [6.45, 7) is 7.00. The number of anilines is 1. The number of hydrogen-bond acceptors (Lipinski definition) is 4. The minimum atomic E-state index is -0.440. The lowest BCUT2D eigenvalue weighted by Gasteiger charge is -2.36. The van der Waals surface area contributed by atoms with Gasteiger partial charge >= 0.3 is 6.09 Å². The van der Waals surface area contributed by atoms with Crippen LogP contribution in [0.25, 0.3) is 0 Å². The van der Waals surface area contributed by atoms with Gasteiger partial charge in [0.2, 0.25) is 0 Å². The van der Waals surface area contributed by atoms with Gasteiger partial charge in [0.15, 0.2) is 0 Å². The molecule has 1 saturated heterocycles. The molecule has 0 bridgehead atoms. The topological polar surface area (TPSA) is 53.0 Å². The quantitative estimate of drug-likeness (QED) is 0.926. The first-order chi connectivity index (χ1) is 10.2. The first-order valence-electron chi connectivity index (χ1n) is 7.61. The molecule has 0 unspecified atom stereocenters. The van der Waals surface area contributed by atoms with Gasteiger partial charge in [-0.25, -0.2) is 4.79 Å². The van der Waals surface area contributed by atoms with Crippen molar-refractivity contribution >= 4 is 11.8 Å². The van der Waals surface area contributed by atoms with E-state index in [2.05, 4.69) is 4.90 Å². The summed E-state index contributed by atoms with van der Waals surface area (Å²) in [5, 5.41) is 10.1. The van der Waals surface area contributed by atoms with E-state index in [0.717, 1.165) is 24.3 Å². The number of amides is 1. The summed E-state index contributed by atoms with van der Waals surface area (Å²) in [5.41, 5.74) is 2.03. The second kappa shape index (κ2) is 7.31. The normalized spacial score (nSPS) is 16.7. The number of para-hydroxylation sites is 1. The average molecular weight is 292 g/mol. The molecule has 116 valence electrons. The van der Waals surface area contributed by atoms with Crippen molar-refractivity contribution in [1.82, 2.24) is 4.90 Å². The molecule has 1 aromatic carbocycles. The van der Waals surface area contributed by atoms with Crippen LogP contribution in [0.2, 0.25) is 0 Å². The Morgan fingerprint density at radius 1 is 1.24 bits per heavy atom. The predicted octanol–water partition coefficient (Wildman–Crippen LogP) is 2.41. The molecule has 21 heavy (non-hydrogen) atoms. The van der Waals surface area contributed by atoms with Gasteiger partial charge in [-0.05, 0) is 19.4 Å². The molecule has 2 rings (SSSR count). The van der Waals surface area contributed by atoms with Crippen LogP contribution in [0, 0.1) is 0 Å². The van der Waals surface area contributed by atoms with Gasteiger partial charge < -0.3 is 19.6 Å². The van der Waals surface area contributed by atoms with Gasteiger partial charge in [-0.15, -0.1) is 0 Å². The van der Waals surface area contributed by atoms with Crippen molar-refractivity contribution in [2.45, 2.75) is 26.4 Å². The molecule has 1 aromatic rings. The molecule has 1 fully saturated rings. The summed E-state index contributed by atoms with van der Waals surface area (Å²) in [6.07, 6.45) is 0.0168. The average Bonchev–Trinajstić information content (AvgIpc) is 2.54. The van der Waals surface area contributed by atoms with Gasteiger partial charge in [-0.1, -0.05) is 25.1 Å². The Balaban J connectivity index is 2.04. The van der Waals surface area contributed by atoms with Crippen molar-refractivity contribution < 1.29 is 14.6 Å². The largest absolute Gasteiger partial charge is 0.450 e. The molecule has 1 N–H and O–H groups in total. The molecule has 1 amide bonds. The number of carbonyl (C=O) groups excluding carboxylic acids is 1. The molecule has 1 heterocycles. The summed E-state index contributed by atoms with van der Waals surface area (Å²) >= 11 is 0. The highest BCUT2D eigenvalue weighted by Gasteiger charge is 2.24. The van der Waals surface area contributed by atoms with Crippen LogP contribution in [0.3, 0.4) is 0 Å². The van der Waals surface area contributed by atoms with Gasteiger partial charge in [0.25, 0.3) is 0 Å². The third-order valence-corrected chi connectivity index (χ3v) is 3.83. The van der Waals surface area contributed by atoms with E-state index < -0.39 is 6.10 Å². The molecule has 0 aromatic heterocycles. The minimum Gasteiger partial charge on any atom is -0.450 e. The Morgan fingerprint density at radius 2 is 1.90 bits per heavy atom. The van der Waals surface area contributed by atoms with Crippen molar-refractivity contribution in [3.05, 3.63) is 29.8 Å². The number of hydrogen-bond donors (Lipinski definition) is 1. The smallest absolute Gasteiger partial charge is 0.409 e. The van der Waals surface area contributed by atoms with E-state index in [-0.39, 0.29) is 6.09 Å². The molecule has 1 aliphatic rings. The fourth-order valence-corrected chi connectivity index (χ4v) is 2.62. The zero-order valence-corrected chi connectivity index (χ0v) is 12.8. The van der Waals surface area contributed by atoms with Crippen LogP contribution in [-0.2, 0) is 4.74 Å². The first kappa shape index (κ1) is 15.6. The van der Waals surface area contributed by atoms with Crippen LogP contribution in [0.4, 0.5) is 10.5 Å². The van der Waals surface area contributed by atoms with Crippen molar-refractivity contribution in [2.24, 2.45) is 0 Å². The van der Waals surface area contributed by atoms with E-state index in [1.54, 1.807) is 4.90 Å². The predicted molar refractivity (Wildman–Crippen MR) is 82.5 cm³/mol. The maximum atomic E-state index is 11.7. The number of aliphatic hydroxyl groups excluding tert-OH is 1. The van der Waals surface area contributed by atoms with Crippen LogP contribution >= 0.6 is 0 Å². The number of piperazine rings is 1. The van der Waals surface area contributed by atoms with E-state index in [0.29, 0.717) is 26.1 Å². The highest BCUT2D eigenvalue weighted by Crippen LogP contribution is 2.28. The Labute approximate surface area is 126 Å². The van der Waals surface area contributed by atoms with E-state index in [4.69, 9.17) is 4.74 Å². The zero-order valence-electron chi connectivity index (χ0n) is 12.8. The monoisotopic (exact) mass is 292 g/mol. The van der Waals surface area contributed by atoms with Crippen LogP contribution in [-0.4, -0.2) is 48.9 Å². The molecule has 1 atom stereocenters. The van der Waals surface area contributed by atoms with Gasteiger partial charge in [0.05, 0.1) is 12.7 Å². The molecule has 0 saturated carbocycles. The second-order valence-electron chi connectivity index (χ2n) is 5.16. The lowest BCUT2D eigenvalue weighted by molar-refractivity contribution is 0.105. The maximum absolute atomic E-state index is 11.7. The van der Waals surface area contributed by atoms with Gasteiger partial charge in [-0.3, -0.25) is 0 Å². The lowest BCUT2D eigenvalue weighted by Crippen LogP contribution is -2.49. The molecular formula is C16H24N2O3. The third-order valence-electron chi connectivity index (χ3n) is 3.83. The van der Waals surface area contributed by atoms with E-state index >= 15 is 0 Å². The molecule has 0 radical (unpaired) electrons. The van der Waals surface area contributed by atoms with Crippen molar-refractivity contribution in [3.63, 3.8) is 0 Å².